The fraction of sp³-hybridized carbons (Fsp3) is 0.353. The van der Waals surface area contributed by atoms with E-state index in [0.717, 1.165) is 36.4 Å². The Morgan fingerprint density at radius 3 is 2.65 bits per heavy atom. The lowest BCUT2D eigenvalue weighted by molar-refractivity contribution is 0.153. The molecule has 122 valence electrons. The molecule has 0 atom stereocenters. The first-order chi connectivity index (χ1) is 11.2. The summed E-state index contributed by atoms with van der Waals surface area (Å²) in [5.41, 5.74) is 0. The Balaban J connectivity index is 1.52. The van der Waals surface area contributed by atoms with Gasteiger partial charge in [-0.3, -0.25) is 4.90 Å². The van der Waals surface area contributed by atoms with Gasteiger partial charge in [-0.1, -0.05) is 18.2 Å². The molecule has 2 heterocycles. The molecule has 0 unspecified atom stereocenters. The maximum Gasteiger partial charge on any atom is 0.415 e. The average Bonchev–Trinajstić information content (AvgIpc) is 2.82. The Morgan fingerprint density at radius 1 is 1.09 bits per heavy atom. The zero-order valence-corrected chi connectivity index (χ0v) is 15.2. The summed E-state index contributed by atoms with van der Waals surface area (Å²) >= 11 is 5.27. The van der Waals surface area contributed by atoms with Crippen LogP contribution in [0.3, 0.4) is 0 Å². The van der Waals surface area contributed by atoms with E-state index >= 15 is 0 Å². The molecule has 0 saturated carbocycles. The summed E-state index contributed by atoms with van der Waals surface area (Å²) in [6, 6.07) is 13.5. The van der Waals surface area contributed by atoms with Gasteiger partial charge in [0.25, 0.3) is 0 Å². The lowest BCUT2D eigenvalue weighted by Crippen LogP contribution is -2.36. The highest BCUT2D eigenvalue weighted by Gasteiger charge is 2.21. The van der Waals surface area contributed by atoms with E-state index in [-0.39, 0.29) is 6.09 Å². The number of carbonyl (C=O) groups is 1. The second-order valence-electron chi connectivity index (χ2n) is 5.50. The third-order valence-electron chi connectivity index (χ3n) is 3.80. The predicted molar refractivity (Wildman–Crippen MR) is 96.0 cm³/mol. The molecule has 1 saturated heterocycles. The summed E-state index contributed by atoms with van der Waals surface area (Å²) in [7, 11) is 0. The van der Waals surface area contributed by atoms with E-state index in [1.54, 1.807) is 28.4 Å². The van der Waals surface area contributed by atoms with Crippen LogP contribution >= 0.6 is 27.3 Å². The van der Waals surface area contributed by atoms with Crippen molar-refractivity contribution in [1.29, 1.82) is 0 Å². The van der Waals surface area contributed by atoms with Crippen LogP contribution in [0, 0.1) is 0 Å². The van der Waals surface area contributed by atoms with Crippen molar-refractivity contribution in [3.8, 4) is 5.75 Å². The topological polar surface area (TPSA) is 32.8 Å². The second-order valence-corrected chi connectivity index (χ2v) is 8.05. The Morgan fingerprint density at radius 2 is 1.91 bits per heavy atom. The van der Waals surface area contributed by atoms with Crippen molar-refractivity contribution >= 4 is 33.4 Å². The van der Waals surface area contributed by atoms with Gasteiger partial charge in [0.15, 0.2) is 0 Å². The van der Waals surface area contributed by atoms with Crippen LogP contribution in [0.5, 0.6) is 5.75 Å². The normalized spacial score (nSPS) is 16.1. The molecule has 0 N–H and O–H groups in total. The van der Waals surface area contributed by atoms with Crippen LogP contribution in [-0.2, 0) is 6.54 Å². The van der Waals surface area contributed by atoms with Crippen molar-refractivity contribution in [2.24, 2.45) is 0 Å². The van der Waals surface area contributed by atoms with E-state index in [2.05, 4.69) is 33.0 Å². The van der Waals surface area contributed by atoms with Gasteiger partial charge < -0.3 is 9.64 Å². The summed E-state index contributed by atoms with van der Waals surface area (Å²) in [4.78, 5) is 17.8. The summed E-state index contributed by atoms with van der Waals surface area (Å²) < 4.78 is 6.59. The number of carbonyl (C=O) groups excluding carboxylic acids is 1. The van der Waals surface area contributed by atoms with Gasteiger partial charge >= 0.3 is 6.09 Å². The fourth-order valence-corrected chi connectivity index (χ4v) is 4.15. The molecule has 0 radical (unpaired) electrons. The van der Waals surface area contributed by atoms with Gasteiger partial charge in [0, 0.05) is 37.6 Å². The molecular formula is C17H19BrN2O2S. The minimum atomic E-state index is -0.253. The van der Waals surface area contributed by atoms with Crippen molar-refractivity contribution in [2.75, 3.05) is 26.2 Å². The Labute approximate surface area is 148 Å². The highest BCUT2D eigenvalue weighted by Crippen LogP contribution is 2.23. The highest BCUT2D eigenvalue weighted by molar-refractivity contribution is 9.11. The number of benzene rings is 1. The molecule has 23 heavy (non-hydrogen) atoms. The van der Waals surface area contributed by atoms with Gasteiger partial charge in [-0.25, -0.2) is 4.79 Å². The van der Waals surface area contributed by atoms with Crippen LogP contribution in [0.4, 0.5) is 4.79 Å². The molecule has 6 heteroatoms. The summed E-state index contributed by atoms with van der Waals surface area (Å²) in [6.45, 7) is 4.27. The van der Waals surface area contributed by atoms with Crippen molar-refractivity contribution < 1.29 is 9.53 Å². The standard InChI is InChI=1S/C17H19BrN2O2S/c18-16-8-7-15(23-16)13-19-9-4-10-20(12-11-19)17(21)22-14-5-2-1-3-6-14/h1-3,5-8H,4,9-13H2. The highest BCUT2D eigenvalue weighted by atomic mass is 79.9. The van der Waals surface area contributed by atoms with Crippen molar-refractivity contribution in [2.45, 2.75) is 13.0 Å². The van der Waals surface area contributed by atoms with Gasteiger partial charge in [-0.2, -0.15) is 0 Å². The zero-order chi connectivity index (χ0) is 16.1. The van der Waals surface area contributed by atoms with Crippen molar-refractivity contribution in [3.05, 3.63) is 51.1 Å². The van der Waals surface area contributed by atoms with Gasteiger partial charge in [0.05, 0.1) is 3.79 Å². The molecule has 2 aromatic rings. The Bertz CT molecular complexity index is 647. The predicted octanol–water partition coefficient (Wildman–Crippen LogP) is 4.22. The van der Waals surface area contributed by atoms with E-state index in [1.807, 2.05) is 18.2 Å². The van der Waals surface area contributed by atoms with Crippen molar-refractivity contribution in [1.82, 2.24) is 9.80 Å². The third kappa shape index (κ3) is 4.80. The number of nitrogens with zero attached hydrogens (tertiary/aromatic N) is 2. The second kappa shape index (κ2) is 7.95. The first-order valence-corrected chi connectivity index (χ1v) is 9.30. The number of hydrogen-bond acceptors (Lipinski definition) is 4. The number of thiophene rings is 1. The third-order valence-corrected chi connectivity index (χ3v) is 5.41. The lowest BCUT2D eigenvalue weighted by Gasteiger charge is -2.21. The van der Waals surface area contributed by atoms with Crippen LogP contribution in [0.2, 0.25) is 0 Å². The van der Waals surface area contributed by atoms with E-state index in [4.69, 9.17) is 4.74 Å². The molecule has 1 fully saturated rings. The van der Waals surface area contributed by atoms with Gasteiger partial charge in [0.1, 0.15) is 5.75 Å². The zero-order valence-electron chi connectivity index (χ0n) is 12.8. The lowest BCUT2D eigenvalue weighted by atomic mass is 10.3. The Kier molecular flexibility index (Phi) is 5.70. The molecule has 1 aromatic carbocycles. The molecule has 1 aliphatic rings. The molecule has 3 rings (SSSR count). The van der Waals surface area contributed by atoms with Crippen LogP contribution in [0.25, 0.3) is 0 Å². The average molecular weight is 395 g/mol. The van der Waals surface area contributed by atoms with Crippen LogP contribution in [-0.4, -0.2) is 42.1 Å². The van der Waals surface area contributed by atoms with Crippen LogP contribution < -0.4 is 4.74 Å². The van der Waals surface area contributed by atoms with E-state index in [9.17, 15) is 4.79 Å². The monoisotopic (exact) mass is 394 g/mol. The first kappa shape index (κ1) is 16.5. The summed E-state index contributed by atoms with van der Waals surface area (Å²) in [6.07, 6.45) is 0.716. The number of halogens is 1. The largest absolute Gasteiger partial charge is 0.415 e. The smallest absolute Gasteiger partial charge is 0.410 e. The fourth-order valence-electron chi connectivity index (χ4n) is 2.62. The molecule has 1 aromatic heterocycles. The van der Waals surface area contributed by atoms with E-state index in [0.29, 0.717) is 12.3 Å². The molecule has 4 nitrogen and oxygen atoms in total. The molecule has 1 amide bonds. The molecule has 0 spiro atoms. The summed E-state index contributed by atoms with van der Waals surface area (Å²) in [5.74, 6) is 0.599. The Hall–Kier alpha value is -1.37. The number of amides is 1. The SMILES string of the molecule is O=C(Oc1ccccc1)N1CCCN(Cc2ccc(Br)s2)CC1. The molecular weight excluding hydrogens is 376 g/mol. The maximum atomic E-state index is 12.3. The summed E-state index contributed by atoms with van der Waals surface area (Å²) in [5, 5.41) is 0. The van der Waals surface area contributed by atoms with Gasteiger partial charge in [-0.05, 0) is 46.6 Å². The first-order valence-electron chi connectivity index (χ1n) is 7.69. The van der Waals surface area contributed by atoms with Crippen LogP contribution in [0.15, 0.2) is 46.3 Å². The van der Waals surface area contributed by atoms with Crippen molar-refractivity contribution in [3.63, 3.8) is 0 Å². The maximum absolute atomic E-state index is 12.3. The van der Waals surface area contributed by atoms with E-state index in [1.165, 1.54) is 4.88 Å². The number of rotatable bonds is 3. The number of ether oxygens (including phenoxy) is 1. The minimum Gasteiger partial charge on any atom is -0.410 e. The quantitative estimate of drug-likeness (QED) is 0.780. The van der Waals surface area contributed by atoms with Gasteiger partial charge in [0.2, 0.25) is 0 Å². The van der Waals surface area contributed by atoms with Crippen LogP contribution in [0.1, 0.15) is 11.3 Å². The number of hydrogen-bond donors (Lipinski definition) is 0. The van der Waals surface area contributed by atoms with Gasteiger partial charge in [-0.15, -0.1) is 11.3 Å². The molecule has 0 bridgehead atoms. The molecule has 0 aliphatic carbocycles. The molecule has 1 aliphatic heterocycles. The van der Waals surface area contributed by atoms with E-state index < -0.39 is 0 Å². The number of para-hydroxylation sites is 1. The minimum absolute atomic E-state index is 0.253.